The number of non-ortho nitro benzene ring substituents is 1. The second-order valence-corrected chi connectivity index (χ2v) is 5.01. The van der Waals surface area contributed by atoms with Gasteiger partial charge in [-0.1, -0.05) is 23.2 Å². The summed E-state index contributed by atoms with van der Waals surface area (Å²) in [5.41, 5.74) is 0.267. The first-order valence-corrected chi connectivity index (χ1v) is 6.59. The summed E-state index contributed by atoms with van der Waals surface area (Å²) in [7, 11) is 0. The molecular formula is C13H10Cl2N2O4. The SMILES string of the molecule is CC(O)c1ccc(Oc2c(Cl)cc([N+](=O)[O-])cc2Cl)cn1. The van der Waals surface area contributed by atoms with Crippen LogP contribution in [0.1, 0.15) is 18.7 Å². The zero-order chi connectivity index (χ0) is 15.6. The summed E-state index contributed by atoms with van der Waals surface area (Å²) in [6, 6.07) is 5.48. The lowest BCUT2D eigenvalue weighted by Crippen LogP contribution is -1.96. The number of halogens is 2. The second-order valence-electron chi connectivity index (χ2n) is 4.19. The van der Waals surface area contributed by atoms with Gasteiger partial charge in [0.05, 0.1) is 33.0 Å². The second kappa shape index (κ2) is 6.26. The standard InChI is InChI=1S/C13H10Cl2N2O4/c1-7(18)12-3-2-9(6-16-12)21-13-10(14)4-8(17(19)20)5-11(13)15/h2-7,18H,1H3. The van der Waals surface area contributed by atoms with Gasteiger partial charge in [-0.2, -0.15) is 0 Å². The van der Waals surface area contributed by atoms with Crippen molar-refractivity contribution in [2.24, 2.45) is 0 Å². The molecule has 1 aromatic heterocycles. The van der Waals surface area contributed by atoms with Gasteiger partial charge in [0.15, 0.2) is 5.75 Å². The molecule has 0 saturated heterocycles. The number of hydrogen-bond acceptors (Lipinski definition) is 5. The van der Waals surface area contributed by atoms with E-state index in [1.807, 2.05) is 0 Å². The lowest BCUT2D eigenvalue weighted by Gasteiger charge is -2.10. The van der Waals surface area contributed by atoms with E-state index in [2.05, 4.69) is 4.98 Å². The third-order valence-electron chi connectivity index (χ3n) is 2.60. The molecule has 2 aromatic rings. The van der Waals surface area contributed by atoms with Crippen LogP contribution < -0.4 is 4.74 Å². The number of ether oxygens (including phenoxy) is 1. The highest BCUT2D eigenvalue weighted by molar-refractivity contribution is 6.37. The first kappa shape index (κ1) is 15.5. The highest BCUT2D eigenvalue weighted by atomic mass is 35.5. The largest absolute Gasteiger partial charge is 0.453 e. The number of benzene rings is 1. The van der Waals surface area contributed by atoms with Gasteiger partial charge in [0.25, 0.3) is 5.69 Å². The molecule has 110 valence electrons. The van der Waals surface area contributed by atoms with E-state index < -0.39 is 11.0 Å². The number of aliphatic hydroxyl groups excluding tert-OH is 1. The average Bonchev–Trinajstić information content (AvgIpc) is 2.43. The highest BCUT2D eigenvalue weighted by Gasteiger charge is 2.16. The van der Waals surface area contributed by atoms with Crippen molar-refractivity contribution in [1.82, 2.24) is 4.98 Å². The van der Waals surface area contributed by atoms with Gasteiger partial charge >= 0.3 is 0 Å². The fourth-order valence-corrected chi connectivity index (χ4v) is 2.12. The van der Waals surface area contributed by atoms with E-state index >= 15 is 0 Å². The van der Waals surface area contributed by atoms with E-state index in [1.54, 1.807) is 19.1 Å². The summed E-state index contributed by atoms with van der Waals surface area (Å²) in [4.78, 5) is 14.1. The van der Waals surface area contributed by atoms with Gasteiger partial charge in [-0.05, 0) is 19.1 Å². The minimum absolute atomic E-state index is 0.0220. The van der Waals surface area contributed by atoms with E-state index in [4.69, 9.17) is 27.9 Å². The van der Waals surface area contributed by atoms with Gasteiger partial charge in [0.1, 0.15) is 5.75 Å². The molecular weight excluding hydrogens is 319 g/mol. The summed E-state index contributed by atoms with van der Waals surface area (Å²) in [6.45, 7) is 1.59. The molecule has 0 amide bonds. The Morgan fingerprint density at radius 3 is 2.38 bits per heavy atom. The first-order chi connectivity index (χ1) is 9.88. The molecule has 1 unspecified atom stereocenters. The molecule has 1 aromatic carbocycles. The Hall–Kier alpha value is -1.89. The molecule has 0 aliphatic rings. The van der Waals surface area contributed by atoms with Gasteiger partial charge in [-0.25, -0.2) is 0 Å². The zero-order valence-corrected chi connectivity index (χ0v) is 12.3. The molecule has 21 heavy (non-hydrogen) atoms. The number of nitrogens with zero attached hydrogens (tertiary/aromatic N) is 2. The maximum atomic E-state index is 10.7. The Morgan fingerprint density at radius 2 is 1.95 bits per heavy atom. The highest BCUT2D eigenvalue weighted by Crippen LogP contribution is 2.39. The van der Waals surface area contributed by atoms with E-state index in [0.717, 1.165) is 12.1 Å². The third kappa shape index (κ3) is 3.60. The van der Waals surface area contributed by atoms with Crippen LogP contribution >= 0.6 is 23.2 Å². The molecule has 0 radical (unpaired) electrons. The molecule has 0 aliphatic carbocycles. The average molecular weight is 329 g/mol. The van der Waals surface area contributed by atoms with E-state index in [1.165, 1.54) is 6.20 Å². The predicted octanol–water partition coefficient (Wildman–Crippen LogP) is 4.14. The van der Waals surface area contributed by atoms with Crippen LogP contribution in [0.15, 0.2) is 30.5 Å². The molecule has 6 nitrogen and oxygen atoms in total. The van der Waals surface area contributed by atoms with Crippen LogP contribution in [0, 0.1) is 10.1 Å². The number of rotatable bonds is 4. The molecule has 0 aliphatic heterocycles. The van der Waals surface area contributed by atoms with Crippen molar-refractivity contribution < 1.29 is 14.8 Å². The van der Waals surface area contributed by atoms with Crippen LogP contribution in [0.4, 0.5) is 5.69 Å². The Labute approximate surface area is 130 Å². The van der Waals surface area contributed by atoms with Crippen LogP contribution in [0.25, 0.3) is 0 Å². The summed E-state index contributed by atoms with van der Waals surface area (Å²) < 4.78 is 5.48. The van der Waals surface area contributed by atoms with Crippen LogP contribution in [-0.2, 0) is 0 Å². The van der Waals surface area contributed by atoms with Crippen molar-refractivity contribution in [3.8, 4) is 11.5 Å². The Kier molecular flexibility index (Phi) is 4.62. The van der Waals surface area contributed by atoms with Crippen LogP contribution in [0.2, 0.25) is 10.0 Å². The smallest absolute Gasteiger partial charge is 0.272 e. The summed E-state index contributed by atoms with van der Waals surface area (Å²) in [5.74, 6) is 0.451. The van der Waals surface area contributed by atoms with Crippen LogP contribution in [-0.4, -0.2) is 15.0 Å². The number of nitro benzene ring substituents is 1. The first-order valence-electron chi connectivity index (χ1n) is 5.84. The lowest BCUT2D eigenvalue weighted by molar-refractivity contribution is -0.384. The number of pyridine rings is 1. The zero-order valence-electron chi connectivity index (χ0n) is 10.8. The van der Waals surface area contributed by atoms with Crippen molar-refractivity contribution >= 4 is 28.9 Å². The molecule has 0 spiro atoms. The van der Waals surface area contributed by atoms with Gasteiger partial charge in [-0.15, -0.1) is 0 Å². The van der Waals surface area contributed by atoms with Gasteiger partial charge in [0, 0.05) is 12.1 Å². The predicted molar refractivity (Wildman–Crippen MR) is 78.1 cm³/mol. The summed E-state index contributed by atoms with van der Waals surface area (Å²) >= 11 is 11.9. The molecule has 0 saturated carbocycles. The molecule has 2 rings (SSSR count). The van der Waals surface area contributed by atoms with Gasteiger partial charge in [-0.3, -0.25) is 15.1 Å². The monoisotopic (exact) mass is 328 g/mol. The van der Waals surface area contributed by atoms with E-state index in [0.29, 0.717) is 11.4 Å². The van der Waals surface area contributed by atoms with Crippen molar-refractivity contribution in [2.45, 2.75) is 13.0 Å². The number of nitro groups is 1. The topological polar surface area (TPSA) is 85.5 Å². The molecule has 0 bridgehead atoms. The quantitative estimate of drug-likeness (QED) is 0.673. The molecule has 8 heteroatoms. The number of aliphatic hydroxyl groups is 1. The normalized spacial score (nSPS) is 12.0. The third-order valence-corrected chi connectivity index (χ3v) is 3.16. The minimum Gasteiger partial charge on any atom is -0.453 e. The maximum Gasteiger partial charge on any atom is 0.272 e. The van der Waals surface area contributed by atoms with Crippen molar-refractivity contribution in [2.75, 3.05) is 0 Å². The van der Waals surface area contributed by atoms with Crippen molar-refractivity contribution in [3.63, 3.8) is 0 Å². The van der Waals surface area contributed by atoms with E-state index in [-0.39, 0.29) is 21.5 Å². The Bertz CT molecular complexity index is 651. The maximum absolute atomic E-state index is 10.7. The summed E-state index contributed by atoms with van der Waals surface area (Å²) in [5, 5.41) is 20.1. The lowest BCUT2D eigenvalue weighted by atomic mass is 10.2. The number of hydrogen-bond donors (Lipinski definition) is 1. The van der Waals surface area contributed by atoms with Crippen molar-refractivity contribution in [1.29, 1.82) is 0 Å². The van der Waals surface area contributed by atoms with Crippen LogP contribution in [0.3, 0.4) is 0 Å². The van der Waals surface area contributed by atoms with E-state index in [9.17, 15) is 15.2 Å². The Balaban J connectivity index is 2.29. The fourth-order valence-electron chi connectivity index (χ4n) is 1.57. The van der Waals surface area contributed by atoms with Gasteiger partial charge in [0.2, 0.25) is 0 Å². The number of aromatic nitrogens is 1. The van der Waals surface area contributed by atoms with Gasteiger partial charge < -0.3 is 9.84 Å². The Morgan fingerprint density at radius 1 is 1.33 bits per heavy atom. The molecule has 1 heterocycles. The molecule has 0 fully saturated rings. The molecule has 1 N–H and O–H groups in total. The fraction of sp³-hybridized carbons (Fsp3) is 0.154. The molecule has 1 atom stereocenters. The van der Waals surface area contributed by atoms with Crippen LogP contribution in [0.5, 0.6) is 11.5 Å². The minimum atomic E-state index is -0.689. The van der Waals surface area contributed by atoms with Crippen molar-refractivity contribution in [3.05, 3.63) is 56.3 Å². The summed E-state index contributed by atoms with van der Waals surface area (Å²) in [6.07, 6.45) is 0.710.